The molecule has 0 fully saturated rings. The van der Waals surface area contributed by atoms with Crippen LogP contribution in [0.2, 0.25) is 0 Å². The van der Waals surface area contributed by atoms with E-state index in [1.807, 2.05) is 43.1 Å². The molecule has 0 spiro atoms. The maximum absolute atomic E-state index is 5.46. The van der Waals surface area contributed by atoms with Gasteiger partial charge in [0.2, 0.25) is 5.82 Å². The Balaban J connectivity index is 1.87. The molecule has 0 aliphatic rings. The molecule has 0 amide bonds. The summed E-state index contributed by atoms with van der Waals surface area (Å²) in [5, 5.41) is 16.7. The van der Waals surface area contributed by atoms with E-state index in [1.54, 1.807) is 26.9 Å². The summed E-state index contributed by atoms with van der Waals surface area (Å²) < 4.78 is 8.95. The van der Waals surface area contributed by atoms with Crippen LogP contribution in [0.5, 0.6) is 0 Å². The lowest BCUT2D eigenvalue weighted by Gasteiger charge is -2.03. The van der Waals surface area contributed by atoms with E-state index >= 15 is 0 Å². The first kappa shape index (κ1) is 13.0. The maximum atomic E-state index is 5.46. The zero-order valence-corrected chi connectivity index (χ0v) is 12.8. The van der Waals surface area contributed by atoms with Crippen molar-refractivity contribution in [1.29, 1.82) is 0 Å². The highest BCUT2D eigenvalue weighted by atomic mass is 32.1. The third kappa shape index (κ3) is 1.96. The summed E-state index contributed by atoms with van der Waals surface area (Å²) in [5.74, 6) is 1.81. The minimum atomic E-state index is 0.442. The number of rotatable bonds is 3. The highest BCUT2D eigenvalue weighted by Gasteiger charge is 2.22. The molecule has 4 heterocycles. The third-order valence-corrected chi connectivity index (χ3v) is 4.02. The largest absolute Gasteiger partial charge is 0.333 e. The van der Waals surface area contributed by atoms with Crippen LogP contribution in [0.25, 0.3) is 28.7 Å². The van der Waals surface area contributed by atoms with Gasteiger partial charge in [-0.15, -0.1) is 0 Å². The van der Waals surface area contributed by atoms with Crippen LogP contribution in [0.3, 0.4) is 0 Å². The molecule has 0 unspecified atom stereocenters. The first-order valence-corrected chi connectivity index (χ1v) is 7.58. The van der Waals surface area contributed by atoms with Gasteiger partial charge in [-0.25, -0.2) is 9.36 Å². The Morgan fingerprint density at radius 1 is 1.32 bits per heavy atom. The smallest absolute Gasteiger partial charge is 0.263 e. The molecule has 8 heteroatoms. The van der Waals surface area contributed by atoms with Crippen molar-refractivity contribution in [2.24, 2.45) is 7.05 Å². The number of thiophene rings is 1. The van der Waals surface area contributed by atoms with Gasteiger partial charge in [0.25, 0.3) is 5.89 Å². The van der Waals surface area contributed by atoms with Gasteiger partial charge in [0, 0.05) is 30.4 Å². The molecule has 0 N–H and O–H groups in total. The van der Waals surface area contributed by atoms with Gasteiger partial charge in [0.1, 0.15) is 5.56 Å². The molecule has 0 aliphatic carbocycles. The quantitative estimate of drug-likeness (QED) is 0.581. The summed E-state index contributed by atoms with van der Waals surface area (Å²) in [5.41, 5.74) is 2.55. The molecule has 0 saturated carbocycles. The van der Waals surface area contributed by atoms with Crippen molar-refractivity contribution in [2.45, 2.75) is 6.92 Å². The molecule has 0 atom stereocenters. The molecule has 110 valence electrons. The van der Waals surface area contributed by atoms with Crippen LogP contribution in [-0.4, -0.2) is 29.7 Å². The minimum Gasteiger partial charge on any atom is -0.333 e. The molecular weight excluding hydrogens is 300 g/mol. The fourth-order valence-electron chi connectivity index (χ4n) is 2.39. The molecule has 0 radical (unpaired) electrons. The van der Waals surface area contributed by atoms with Crippen LogP contribution in [0.4, 0.5) is 0 Å². The maximum Gasteiger partial charge on any atom is 0.263 e. The summed E-state index contributed by atoms with van der Waals surface area (Å²) in [6.45, 7) is 1.91. The predicted octanol–water partition coefficient (Wildman–Crippen LogP) is 2.69. The SMILES string of the molecule is Cc1nn(C)c(-n2cccn2)c1-c1nc(-c2ccsc2)no1. The van der Waals surface area contributed by atoms with Gasteiger partial charge in [-0.2, -0.15) is 26.5 Å². The van der Waals surface area contributed by atoms with Crippen molar-refractivity contribution >= 4 is 11.3 Å². The van der Waals surface area contributed by atoms with Gasteiger partial charge in [-0.05, 0) is 24.4 Å². The lowest BCUT2D eigenvalue weighted by atomic mass is 10.2. The molecule has 0 saturated heterocycles. The Morgan fingerprint density at radius 3 is 2.95 bits per heavy atom. The summed E-state index contributed by atoms with van der Waals surface area (Å²) in [4.78, 5) is 4.50. The molecule has 22 heavy (non-hydrogen) atoms. The molecule has 4 rings (SSSR count). The second-order valence-electron chi connectivity index (χ2n) is 4.79. The average Bonchev–Trinajstić information content (AvgIpc) is 3.26. The van der Waals surface area contributed by atoms with Gasteiger partial charge in [0.15, 0.2) is 5.82 Å². The Morgan fingerprint density at radius 2 is 2.23 bits per heavy atom. The Bertz CT molecular complexity index is 904. The highest BCUT2D eigenvalue weighted by molar-refractivity contribution is 7.08. The molecule has 0 aromatic carbocycles. The predicted molar refractivity (Wildman–Crippen MR) is 81.7 cm³/mol. The zero-order valence-electron chi connectivity index (χ0n) is 12.0. The standard InChI is InChI=1S/C14H12N6OS/c1-9-11(14(19(2)17-9)20-6-3-5-15-20)13-16-12(18-21-13)10-4-7-22-8-10/h3-8H,1-2H3. The van der Waals surface area contributed by atoms with E-state index in [1.165, 1.54) is 0 Å². The topological polar surface area (TPSA) is 74.6 Å². The van der Waals surface area contributed by atoms with Crippen LogP contribution in [-0.2, 0) is 7.05 Å². The van der Waals surface area contributed by atoms with Crippen molar-refractivity contribution in [3.63, 3.8) is 0 Å². The monoisotopic (exact) mass is 312 g/mol. The molecular formula is C14H12N6OS. The lowest BCUT2D eigenvalue weighted by molar-refractivity contribution is 0.432. The summed E-state index contributed by atoms with van der Waals surface area (Å²) >= 11 is 1.60. The van der Waals surface area contributed by atoms with E-state index < -0.39 is 0 Å². The first-order chi connectivity index (χ1) is 10.7. The van der Waals surface area contributed by atoms with Crippen LogP contribution in [0.15, 0.2) is 39.8 Å². The molecule has 0 bridgehead atoms. The van der Waals surface area contributed by atoms with Crippen LogP contribution < -0.4 is 0 Å². The molecule has 0 aliphatic heterocycles. The van der Waals surface area contributed by atoms with Gasteiger partial charge >= 0.3 is 0 Å². The zero-order chi connectivity index (χ0) is 15.1. The summed E-state index contributed by atoms with van der Waals surface area (Å²) in [6, 6.07) is 3.82. The number of hydrogen-bond acceptors (Lipinski definition) is 6. The van der Waals surface area contributed by atoms with E-state index in [0.29, 0.717) is 11.7 Å². The van der Waals surface area contributed by atoms with E-state index in [4.69, 9.17) is 4.52 Å². The highest BCUT2D eigenvalue weighted by Crippen LogP contribution is 2.30. The van der Waals surface area contributed by atoms with Crippen molar-refractivity contribution in [1.82, 2.24) is 29.7 Å². The van der Waals surface area contributed by atoms with Crippen LogP contribution in [0.1, 0.15) is 5.69 Å². The second kappa shape index (κ2) is 4.92. The molecule has 7 nitrogen and oxygen atoms in total. The normalized spacial score (nSPS) is 11.2. The Hall–Kier alpha value is -2.74. The van der Waals surface area contributed by atoms with Crippen LogP contribution in [0, 0.1) is 6.92 Å². The lowest BCUT2D eigenvalue weighted by Crippen LogP contribution is -2.04. The summed E-state index contributed by atoms with van der Waals surface area (Å²) in [6.07, 6.45) is 3.58. The number of aryl methyl sites for hydroxylation is 2. The van der Waals surface area contributed by atoms with Crippen molar-refractivity contribution in [2.75, 3.05) is 0 Å². The van der Waals surface area contributed by atoms with Crippen molar-refractivity contribution in [3.05, 3.63) is 41.0 Å². The average molecular weight is 312 g/mol. The van der Waals surface area contributed by atoms with E-state index in [2.05, 4.69) is 20.3 Å². The minimum absolute atomic E-state index is 0.442. The van der Waals surface area contributed by atoms with E-state index in [9.17, 15) is 0 Å². The first-order valence-electron chi connectivity index (χ1n) is 6.64. The second-order valence-corrected chi connectivity index (χ2v) is 5.57. The fraction of sp³-hybridized carbons (Fsp3) is 0.143. The molecule has 4 aromatic rings. The number of aromatic nitrogens is 6. The number of hydrogen-bond donors (Lipinski definition) is 0. The van der Waals surface area contributed by atoms with Crippen molar-refractivity contribution < 1.29 is 4.52 Å². The van der Waals surface area contributed by atoms with Crippen LogP contribution >= 0.6 is 11.3 Å². The van der Waals surface area contributed by atoms with Crippen molar-refractivity contribution in [3.8, 4) is 28.7 Å². The number of nitrogens with zero attached hydrogens (tertiary/aromatic N) is 6. The summed E-state index contributed by atoms with van der Waals surface area (Å²) in [7, 11) is 1.86. The van der Waals surface area contributed by atoms with Gasteiger partial charge in [0.05, 0.1) is 5.69 Å². The van der Waals surface area contributed by atoms with E-state index in [-0.39, 0.29) is 0 Å². The van der Waals surface area contributed by atoms with Gasteiger partial charge in [-0.1, -0.05) is 5.16 Å². The fourth-order valence-corrected chi connectivity index (χ4v) is 3.02. The van der Waals surface area contributed by atoms with Gasteiger partial charge < -0.3 is 4.52 Å². The third-order valence-electron chi connectivity index (χ3n) is 3.33. The Labute approximate surface area is 129 Å². The molecule has 4 aromatic heterocycles. The van der Waals surface area contributed by atoms with E-state index in [0.717, 1.165) is 22.6 Å². The van der Waals surface area contributed by atoms with Gasteiger partial charge in [-0.3, -0.25) is 0 Å². The Kier molecular flexibility index (Phi) is 2.90.